The maximum atomic E-state index is 9.43. The fraction of sp³-hybridized carbons (Fsp3) is 0.333. The standard InChI is InChI=1S/C18H19N3/c1-4-5-8-15-17(10-13(2)11-19)21(3)16-9-6-7-14(12-20)18(15)16/h4,6,9-10,14H,1,5,7-8H2,2-3H3/b13-10+. The Morgan fingerprint density at radius 2 is 2.29 bits per heavy atom. The fourth-order valence-corrected chi connectivity index (χ4v) is 2.88. The number of aromatic nitrogens is 1. The molecule has 0 spiro atoms. The molecule has 1 aliphatic carbocycles. The minimum atomic E-state index is -0.0967. The lowest BCUT2D eigenvalue weighted by Crippen LogP contribution is -2.04. The van der Waals surface area contributed by atoms with Crippen molar-refractivity contribution < 1.29 is 0 Å². The van der Waals surface area contributed by atoms with Gasteiger partial charge in [-0.2, -0.15) is 10.5 Å². The molecule has 0 bridgehead atoms. The molecule has 1 aromatic heterocycles. The fourth-order valence-electron chi connectivity index (χ4n) is 2.88. The van der Waals surface area contributed by atoms with E-state index >= 15 is 0 Å². The summed E-state index contributed by atoms with van der Waals surface area (Å²) in [6, 6.07) is 4.58. The van der Waals surface area contributed by atoms with E-state index in [1.165, 1.54) is 5.56 Å². The van der Waals surface area contributed by atoms with Gasteiger partial charge in [0.25, 0.3) is 0 Å². The van der Waals surface area contributed by atoms with Crippen LogP contribution in [-0.2, 0) is 13.5 Å². The third kappa shape index (κ3) is 2.69. The van der Waals surface area contributed by atoms with Gasteiger partial charge in [0.1, 0.15) is 0 Å². The second-order valence-corrected chi connectivity index (χ2v) is 5.31. The Kier molecular flexibility index (Phi) is 4.45. The summed E-state index contributed by atoms with van der Waals surface area (Å²) < 4.78 is 2.09. The van der Waals surface area contributed by atoms with E-state index in [-0.39, 0.29) is 5.92 Å². The van der Waals surface area contributed by atoms with E-state index in [2.05, 4.69) is 35.4 Å². The number of rotatable bonds is 4. The Bertz CT molecular complexity index is 702. The largest absolute Gasteiger partial charge is 0.344 e. The first kappa shape index (κ1) is 14.9. The monoisotopic (exact) mass is 277 g/mol. The zero-order valence-electron chi connectivity index (χ0n) is 12.6. The summed E-state index contributed by atoms with van der Waals surface area (Å²) in [6.45, 7) is 5.59. The van der Waals surface area contributed by atoms with Crippen molar-refractivity contribution in [3.63, 3.8) is 0 Å². The maximum absolute atomic E-state index is 9.43. The van der Waals surface area contributed by atoms with Crippen LogP contribution in [-0.4, -0.2) is 4.57 Å². The second kappa shape index (κ2) is 6.29. The Balaban J connectivity index is 2.68. The maximum Gasteiger partial charge on any atom is 0.0944 e. The molecule has 106 valence electrons. The van der Waals surface area contributed by atoms with Crippen LogP contribution in [0.25, 0.3) is 12.2 Å². The molecule has 0 amide bonds. The average Bonchev–Trinajstić information content (AvgIpc) is 2.78. The molecular formula is C18H19N3. The van der Waals surface area contributed by atoms with Crippen LogP contribution in [0.4, 0.5) is 0 Å². The molecule has 2 rings (SSSR count). The van der Waals surface area contributed by atoms with Crippen LogP contribution >= 0.6 is 0 Å². The minimum absolute atomic E-state index is 0.0967. The zero-order chi connectivity index (χ0) is 15.4. The molecule has 0 N–H and O–H groups in total. The van der Waals surface area contributed by atoms with E-state index in [4.69, 9.17) is 5.26 Å². The topological polar surface area (TPSA) is 52.5 Å². The molecule has 1 unspecified atom stereocenters. The molecule has 1 aliphatic rings. The number of allylic oxidation sites excluding steroid dienone is 3. The van der Waals surface area contributed by atoms with Crippen LogP contribution in [0.3, 0.4) is 0 Å². The summed E-state index contributed by atoms with van der Waals surface area (Å²) in [4.78, 5) is 0. The SMILES string of the molecule is C=CCCc1c2c(n(C)c1/C=C(\C)C#N)C=CCC2C#N. The molecule has 0 aliphatic heterocycles. The van der Waals surface area contributed by atoms with Gasteiger partial charge in [0, 0.05) is 24.0 Å². The van der Waals surface area contributed by atoms with Gasteiger partial charge in [-0.05, 0) is 49.5 Å². The predicted molar refractivity (Wildman–Crippen MR) is 85.2 cm³/mol. The minimum Gasteiger partial charge on any atom is -0.344 e. The highest BCUT2D eigenvalue weighted by atomic mass is 15.0. The molecule has 1 heterocycles. The molecule has 3 heteroatoms. The summed E-state index contributed by atoms with van der Waals surface area (Å²) >= 11 is 0. The van der Waals surface area contributed by atoms with Gasteiger partial charge >= 0.3 is 0 Å². The highest BCUT2D eigenvalue weighted by molar-refractivity contribution is 5.68. The summed E-state index contributed by atoms with van der Waals surface area (Å²) in [7, 11) is 2.00. The molecule has 21 heavy (non-hydrogen) atoms. The lowest BCUT2D eigenvalue weighted by Gasteiger charge is -2.14. The van der Waals surface area contributed by atoms with Crippen LogP contribution in [0.1, 0.15) is 48.2 Å². The third-order valence-corrected chi connectivity index (χ3v) is 3.91. The normalized spacial score (nSPS) is 17.0. The molecule has 0 saturated carbocycles. The number of hydrogen-bond acceptors (Lipinski definition) is 2. The number of hydrogen-bond donors (Lipinski definition) is 0. The van der Waals surface area contributed by atoms with Gasteiger partial charge in [0.05, 0.1) is 18.1 Å². The van der Waals surface area contributed by atoms with Crippen molar-refractivity contribution in [1.82, 2.24) is 4.57 Å². The molecule has 1 aromatic rings. The zero-order valence-corrected chi connectivity index (χ0v) is 12.6. The molecule has 0 saturated heterocycles. The molecule has 0 fully saturated rings. The van der Waals surface area contributed by atoms with Gasteiger partial charge in [0.15, 0.2) is 0 Å². The first-order valence-electron chi connectivity index (χ1n) is 7.10. The van der Waals surface area contributed by atoms with Crippen LogP contribution in [0.15, 0.2) is 24.3 Å². The lowest BCUT2D eigenvalue weighted by atomic mass is 9.87. The molecule has 0 radical (unpaired) electrons. The highest BCUT2D eigenvalue weighted by Gasteiger charge is 2.26. The predicted octanol–water partition coefficient (Wildman–Crippen LogP) is 4.09. The van der Waals surface area contributed by atoms with Gasteiger partial charge in [-0.3, -0.25) is 0 Å². The number of nitriles is 2. The van der Waals surface area contributed by atoms with E-state index < -0.39 is 0 Å². The van der Waals surface area contributed by atoms with E-state index in [1.54, 1.807) is 6.92 Å². The van der Waals surface area contributed by atoms with E-state index in [1.807, 2.05) is 19.2 Å². The van der Waals surface area contributed by atoms with Crippen LogP contribution in [0.2, 0.25) is 0 Å². The lowest BCUT2D eigenvalue weighted by molar-refractivity contribution is 0.827. The first-order valence-corrected chi connectivity index (χ1v) is 7.10. The first-order chi connectivity index (χ1) is 10.1. The molecule has 3 nitrogen and oxygen atoms in total. The van der Waals surface area contributed by atoms with E-state index in [0.717, 1.165) is 36.2 Å². The van der Waals surface area contributed by atoms with Crippen molar-refractivity contribution in [2.45, 2.75) is 32.1 Å². The summed E-state index contributed by atoms with van der Waals surface area (Å²) in [6.07, 6.45) is 10.4. The van der Waals surface area contributed by atoms with Gasteiger partial charge < -0.3 is 4.57 Å². The van der Waals surface area contributed by atoms with Gasteiger partial charge in [-0.25, -0.2) is 0 Å². The highest BCUT2D eigenvalue weighted by Crippen LogP contribution is 2.37. The molecule has 0 aromatic carbocycles. The van der Waals surface area contributed by atoms with Crippen molar-refractivity contribution in [1.29, 1.82) is 10.5 Å². The third-order valence-electron chi connectivity index (χ3n) is 3.91. The second-order valence-electron chi connectivity index (χ2n) is 5.31. The van der Waals surface area contributed by atoms with Gasteiger partial charge in [0.2, 0.25) is 0 Å². The van der Waals surface area contributed by atoms with Crippen molar-refractivity contribution in [2.24, 2.45) is 7.05 Å². The van der Waals surface area contributed by atoms with Crippen LogP contribution in [0.5, 0.6) is 0 Å². The van der Waals surface area contributed by atoms with Crippen LogP contribution < -0.4 is 0 Å². The number of nitrogens with zero attached hydrogens (tertiary/aromatic N) is 3. The Morgan fingerprint density at radius 3 is 2.90 bits per heavy atom. The van der Waals surface area contributed by atoms with E-state index in [0.29, 0.717) is 5.57 Å². The summed E-state index contributed by atoms with van der Waals surface area (Å²) in [5.74, 6) is -0.0967. The quantitative estimate of drug-likeness (QED) is 0.614. The van der Waals surface area contributed by atoms with Crippen LogP contribution in [0, 0.1) is 22.7 Å². The Hall–Kier alpha value is -2.52. The summed E-state index contributed by atoms with van der Waals surface area (Å²) in [5.41, 5.74) is 5.10. The molecular weight excluding hydrogens is 258 g/mol. The Labute approximate surface area is 126 Å². The Morgan fingerprint density at radius 1 is 1.52 bits per heavy atom. The molecule has 1 atom stereocenters. The van der Waals surface area contributed by atoms with Crippen molar-refractivity contribution in [2.75, 3.05) is 0 Å². The smallest absolute Gasteiger partial charge is 0.0944 e. The van der Waals surface area contributed by atoms with Gasteiger partial charge in [-0.1, -0.05) is 12.2 Å². The number of fused-ring (bicyclic) bond motifs is 1. The average molecular weight is 277 g/mol. The van der Waals surface area contributed by atoms with Gasteiger partial charge in [-0.15, -0.1) is 6.58 Å². The summed E-state index contributed by atoms with van der Waals surface area (Å²) in [5, 5.41) is 18.5. The van der Waals surface area contributed by atoms with E-state index in [9.17, 15) is 5.26 Å². The van der Waals surface area contributed by atoms with Crippen molar-refractivity contribution >= 4 is 12.2 Å². The van der Waals surface area contributed by atoms with Crippen molar-refractivity contribution in [3.05, 3.63) is 46.8 Å². The van der Waals surface area contributed by atoms with Crippen molar-refractivity contribution in [3.8, 4) is 12.1 Å².